The summed E-state index contributed by atoms with van der Waals surface area (Å²) in [6, 6.07) is 6.35. The third-order valence-corrected chi connectivity index (χ3v) is 4.43. The van der Waals surface area contributed by atoms with Gasteiger partial charge in [-0.25, -0.2) is 0 Å². The van der Waals surface area contributed by atoms with E-state index in [0.29, 0.717) is 0 Å². The van der Waals surface area contributed by atoms with Crippen LogP contribution in [-0.2, 0) is 11.2 Å². The van der Waals surface area contributed by atoms with Gasteiger partial charge in [0.15, 0.2) is 0 Å². The second-order valence-corrected chi connectivity index (χ2v) is 8.08. The predicted octanol–water partition coefficient (Wildman–Crippen LogP) is 4.06. The van der Waals surface area contributed by atoms with Crippen molar-refractivity contribution in [2.45, 2.75) is 70.8 Å². The van der Waals surface area contributed by atoms with Crippen LogP contribution in [0.5, 0.6) is 5.75 Å². The summed E-state index contributed by atoms with van der Waals surface area (Å²) in [5, 5.41) is 0. The van der Waals surface area contributed by atoms with Crippen LogP contribution >= 0.6 is 15.9 Å². The molecule has 0 spiro atoms. The van der Waals surface area contributed by atoms with Gasteiger partial charge in [-0.2, -0.15) is 0 Å². The van der Waals surface area contributed by atoms with E-state index < -0.39 is 0 Å². The Morgan fingerprint density at radius 1 is 1.38 bits per heavy atom. The van der Waals surface area contributed by atoms with Gasteiger partial charge in [0.2, 0.25) is 0 Å². The summed E-state index contributed by atoms with van der Waals surface area (Å²) in [5.74, 6) is 0.864. The monoisotopic (exact) mass is 355 g/mol. The molecule has 2 atom stereocenters. The molecular weight excluding hydrogens is 330 g/mol. The van der Waals surface area contributed by atoms with Crippen LogP contribution in [0.1, 0.15) is 46.6 Å². The maximum Gasteiger partial charge on any atom is 0.134 e. The molecule has 2 unspecified atom stereocenters. The molecule has 0 aliphatic carbocycles. The van der Waals surface area contributed by atoms with Crippen LogP contribution in [0.25, 0.3) is 0 Å². The molecule has 0 saturated carbocycles. The molecule has 118 valence electrons. The number of nitrogens with two attached hydrogens (primary N) is 1. The summed E-state index contributed by atoms with van der Waals surface area (Å²) in [6.45, 7) is 10.4. The average molecular weight is 356 g/mol. The van der Waals surface area contributed by atoms with Gasteiger partial charge < -0.3 is 15.2 Å². The summed E-state index contributed by atoms with van der Waals surface area (Å²) in [7, 11) is 0. The van der Waals surface area contributed by atoms with Crippen molar-refractivity contribution in [3.8, 4) is 5.75 Å². The van der Waals surface area contributed by atoms with Crippen LogP contribution < -0.4 is 10.5 Å². The van der Waals surface area contributed by atoms with Gasteiger partial charge in [-0.15, -0.1) is 0 Å². The molecule has 2 rings (SSSR count). The maximum absolute atomic E-state index is 6.21. The molecule has 21 heavy (non-hydrogen) atoms. The smallest absolute Gasteiger partial charge is 0.134 e. The van der Waals surface area contributed by atoms with Crippen LogP contribution in [0.3, 0.4) is 0 Å². The summed E-state index contributed by atoms with van der Waals surface area (Å²) < 4.78 is 13.3. The highest BCUT2D eigenvalue weighted by atomic mass is 79.9. The zero-order valence-corrected chi connectivity index (χ0v) is 15.2. The van der Waals surface area contributed by atoms with Crippen LogP contribution in [0, 0.1) is 0 Å². The maximum atomic E-state index is 6.21. The highest BCUT2D eigenvalue weighted by Crippen LogP contribution is 2.40. The second-order valence-electron chi connectivity index (χ2n) is 7.22. The number of hydrogen-bond donors (Lipinski definition) is 1. The third kappa shape index (κ3) is 4.21. The van der Waals surface area contributed by atoms with Crippen molar-refractivity contribution in [1.29, 1.82) is 0 Å². The first-order valence-corrected chi connectivity index (χ1v) is 8.29. The Kier molecular flexibility index (Phi) is 4.72. The molecule has 1 saturated heterocycles. The first kappa shape index (κ1) is 16.8. The van der Waals surface area contributed by atoms with Crippen molar-refractivity contribution in [1.82, 2.24) is 0 Å². The Morgan fingerprint density at radius 3 is 2.52 bits per heavy atom. The molecule has 0 bridgehead atoms. The number of hydrogen-bond acceptors (Lipinski definition) is 3. The lowest BCUT2D eigenvalue weighted by Gasteiger charge is -2.27. The van der Waals surface area contributed by atoms with Gasteiger partial charge in [0.25, 0.3) is 0 Å². The largest absolute Gasteiger partial charge is 0.486 e. The Labute approximate surface area is 136 Å². The minimum absolute atomic E-state index is 0.0445. The predicted molar refractivity (Wildman–Crippen MR) is 89.8 cm³/mol. The number of rotatable bonds is 4. The van der Waals surface area contributed by atoms with E-state index in [2.05, 4.69) is 55.8 Å². The van der Waals surface area contributed by atoms with Crippen LogP contribution in [-0.4, -0.2) is 23.3 Å². The fraction of sp³-hybridized carbons (Fsp3) is 0.647. The molecule has 1 aromatic carbocycles. The summed E-state index contributed by atoms with van der Waals surface area (Å²) in [5.41, 5.74) is 6.63. The number of ether oxygens (including phenoxy) is 2. The van der Waals surface area contributed by atoms with Crippen molar-refractivity contribution in [3.63, 3.8) is 0 Å². The van der Waals surface area contributed by atoms with Gasteiger partial charge in [-0.1, -0.05) is 6.07 Å². The zero-order chi connectivity index (χ0) is 15.8. The van der Waals surface area contributed by atoms with Crippen molar-refractivity contribution >= 4 is 15.9 Å². The van der Waals surface area contributed by atoms with E-state index in [4.69, 9.17) is 15.2 Å². The molecule has 0 amide bonds. The number of benzene rings is 1. The van der Waals surface area contributed by atoms with Crippen LogP contribution in [0.15, 0.2) is 22.7 Å². The van der Waals surface area contributed by atoms with Gasteiger partial charge in [-0.05, 0) is 74.7 Å². The molecule has 1 fully saturated rings. The van der Waals surface area contributed by atoms with Crippen molar-refractivity contribution < 1.29 is 9.47 Å². The normalized spacial score (nSPS) is 24.8. The lowest BCUT2D eigenvalue weighted by atomic mass is 9.97. The van der Waals surface area contributed by atoms with E-state index in [0.717, 1.165) is 23.1 Å². The summed E-state index contributed by atoms with van der Waals surface area (Å²) in [4.78, 5) is 0. The molecule has 0 radical (unpaired) electrons. The topological polar surface area (TPSA) is 44.5 Å². The summed E-state index contributed by atoms with van der Waals surface area (Å²) in [6.07, 6.45) is 1.79. The Balaban J connectivity index is 2.13. The zero-order valence-electron chi connectivity index (χ0n) is 13.6. The minimum Gasteiger partial charge on any atom is -0.486 e. The van der Waals surface area contributed by atoms with E-state index in [1.807, 2.05) is 13.0 Å². The molecule has 1 heterocycles. The van der Waals surface area contributed by atoms with E-state index in [1.54, 1.807) is 0 Å². The lowest BCUT2D eigenvalue weighted by Crippen LogP contribution is -2.36. The third-order valence-electron chi connectivity index (χ3n) is 3.81. The van der Waals surface area contributed by atoms with E-state index in [9.17, 15) is 0 Å². The molecule has 4 heteroatoms. The first-order valence-electron chi connectivity index (χ1n) is 7.50. The van der Waals surface area contributed by atoms with Crippen molar-refractivity contribution in [2.75, 3.05) is 0 Å². The fourth-order valence-electron chi connectivity index (χ4n) is 2.99. The fourth-order valence-corrected chi connectivity index (χ4v) is 3.51. The molecule has 1 aliphatic heterocycles. The van der Waals surface area contributed by atoms with E-state index in [1.165, 1.54) is 5.56 Å². The molecule has 3 nitrogen and oxygen atoms in total. The van der Waals surface area contributed by atoms with Crippen LogP contribution in [0.2, 0.25) is 0 Å². The van der Waals surface area contributed by atoms with Crippen molar-refractivity contribution in [3.05, 3.63) is 28.2 Å². The molecular formula is C17H26BrNO2. The molecule has 1 aliphatic rings. The average Bonchev–Trinajstić information content (AvgIpc) is 2.49. The Hall–Kier alpha value is -0.580. The number of halogens is 1. The summed E-state index contributed by atoms with van der Waals surface area (Å²) >= 11 is 3.60. The lowest BCUT2D eigenvalue weighted by molar-refractivity contribution is -0.0846. The highest BCUT2D eigenvalue weighted by molar-refractivity contribution is 9.10. The second kappa shape index (κ2) is 5.90. The van der Waals surface area contributed by atoms with E-state index >= 15 is 0 Å². The van der Waals surface area contributed by atoms with Crippen molar-refractivity contribution in [2.24, 2.45) is 5.73 Å². The van der Waals surface area contributed by atoms with Gasteiger partial charge >= 0.3 is 0 Å². The standard InChI is InChI=1S/C17H26BrNO2/c1-11(19)8-12-6-7-14(13(18)9-12)20-15-10-16(2,3)21-17(15,4)5/h6-7,9,11,15H,8,10,19H2,1-5H3. The van der Waals surface area contributed by atoms with Gasteiger partial charge in [0.1, 0.15) is 17.5 Å². The van der Waals surface area contributed by atoms with Crippen LogP contribution in [0.4, 0.5) is 0 Å². The Morgan fingerprint density at radius 2 is 2.05 bits per heavy atom. The van der Waals surface area contributed by atoms with Gasteiger partial charge in [-0.3, -0.25) is 0 Å². The molecule has 2 N–H and O–H groups in total. The Bertz CT molecular complexity index is 512. The minimum atomic E-state index is -0.284. The first-order chi connectivity index (χ1) is 9.59. The highest BCUT2D eigenvalue weighted by Gasteiger charge is 2.47. The molecule has 1 aromatic rings. The van der Waals surface area contributed by atoms with Gasteiger partial charge in [0.05, 0.1) is 10.1 Å². The quantitative estimate of drug-likeness (QED) is 0.885. The van der Waals surface area contributed by atoms with Gasteiger partial charge in [0, 0.05) is 12.5 Å². The SMILES string of the molecule is CC(N)Cc1ccc(OC2CC(C)(C)OC2(C)C)c(Br)c1. The molecule has 0 aromatic heterocycles. The van der Waals surface area contributed by atoms with E-state index in [-0.39, 0.29) is 23.3 Å².